The minimum absolute atomic E-state index is 0.666. The summed E-state index contributed by atoms with van der Waals surface area (Å²) in [4.78, 5) is 4.74. The maximum Gasteiger partial charge on any atom is 0.161 e. The molecule has 2 heterocycles. The molecule has 0 unspecified atom stereocenters. The Morgan fingerprint density at radius 1 is 0.931 bits per heavy atom. The molecule has 0 fully saturated rings. The van der Waals surface area contributed by atoms with Gasteiger partial charge in [-0.05, 0) is 37.6 Å². The van der Waals surface area contributed by atoms with E-state index in [-0.39, 0.29) is 0 Å². The van der Waals surface area contributed by atoms with Crippen LogP contribution < -0.4 is 9.47 Å². The van der Waals surface area contributed by atoms with Gasteiger partial charge < -0.3 is 9.47 Å². The molecule has 0 spiro atoms. The number of aromatic nitrogens is 3. The summed E-state index contributed by atoms with van der Waals surface area (Å²) < 4.78 is 11.8. The lowest BCUT2D eigenvalue weighted by Crippen LogP contribution is -1.95. The molecule has 5 nitrogen and oxygen atoms in total. The topological polar surface area (TPSA) is 57.1 Å². The SMILES string of the molecule is COc1ccc(-c2nnc(SCc3ccc(C)cc3)c3nc(C)sc23)cc1OC. The Balaban J connectivity index is 1.71. The van der Waals surface area contributed by atoms with Crippen LogP contribution in [-0.4, -0.2) is 29.4 Å². The van der Waals surface area contributed by atoms with E-state index in [1.54, 1.807) is 37.3 Å². The molecule has 29 heavy (non-hydrogen) atoms. The predicted molar refractivity (Wildman–Crippen MR) is 119 cm³/mol. The lowest BCUT2D eigenvalue weighted by molar-refractivity contribution is 0.355. The Morgan fingerprint density at radius 3 is 2.41 bits per heavy atom. The van der Waals surface area contributed by atoms with E-state index in [4.69, 9.17) is 14.5 Å². The van der Waals surface area contributed by atoms with Crippen LogP contribution in [0, 0.1) is 13.8 Å². The van der Waals surface area contributed by atoms with Crippen molar-refractivity contribution in [1.29, 1.82) is 0 Å². The summed E-state index contributed by atoms with van der Waals surface area (Å²) in [6.07, 6.45) is 0. The summed E-state index contributed by atoms with van der Waals surface area (Å²) in [5.74, 6) is 2.18. The fourth-order valence-electron chi connectivity index (χ4n) is 3.03. The van der Waals surface area contributed by atoms with Crippen LogP contribution in [0.25, 0.3) is 21.5 Å². The summed E-state index contributed by atoms with van der Waals surface area (Å²) in [7, 11) is 3.26. The van der Waals surface area contributed by atoms with E-state index < -0.39 is 0 Å². The smallest absolute Gasteiger partial charge is 0.161 e. The number of aryl methyl sites for hydroxylation is 2. The van der Waals surface area contributed by atoms with Crippen molar-refractivity contribution < 1.29 is 9.47 Å². The molecular weight excluding hydrogens is 402 g/mol. The summed E-state index contributed by atoms with van der Waals surface area (Å²) in [5.41, 5.74) is 5.16. The molecule has 2 aromatic carbocycles. The number of rotatable bonds is 6. The molecule has 2 aromatic heterocycles. The third kappa shape index (κ3) is 4.06. The molecule has 0 aliphatic heterocycles. The van der Waals surface area contributed by atoms with Gasteiger partial charge in [0.1, 0.15) is 16.2 Å². The number of fused-ring (bicyclic) bond motifs is 1. The van der Waals surface area contributed by atoms with Crippen molar-refractivity contribution in [2.24, 2.45) is 0 Å². The number of hydrogen-bond donors (Lipinski definition) is 0. The maximum atomic E-state index is 5.45. The molecule has 0 bridgehead atoms. The minimum atomic E-state index is 0.666. The highest BCUT2D eigenvalue weighted by Gasteiger charge is 2.17. The van der Waals surface area contributed by atoms with Crippen molar-refractivity contribution in [2.75, 3.05) is 14.2 Å². The number of thiazole rings is 1. The van der Waals surface area contributed by atoms with Crippen LogP contribution in [0.2, 0.25) is 0 Å². The zero-order chi connectivity index (χ0) is 20.4. The Kier molecular flexibility index (Phi) is 5.69. The van der Waals surface area contributed by atoms with Crippen LogP contribution in [0.3, 0.4) is 0 Å². The molecule has 4 rings (SSSR count). The molecule has 0 amide bonds. The van der Waals surface area contributed by atoms with Gasteiger partial charge >= 0.3 is 0 Å². The van der Waals surface area contributed by atoms with Gasteiger partial charge in [-0.25, -0.2) is 4.98 Å². The van der Waals surface area contributed by atoms with Crippen LogP contribution in [0.4, 0.5) is 0 Å². The Morgan fingerprint density at radius 2 is 1.69 bits per heavy atom. The highest BCUT2D eigenvalue weighted by Crippen LogP contribution is 2.38. The second kappa shape index (κ2) is 8.39. The van der Waals surface area contributed by atoms with E-state index >= 15 is 0 Å². The van der Waals surface area contributed by atoms with E-state index in [0.29, 0.717) is 11.5 Å². The number of hydrogen-bond acceptors (Lipinski definition) is 7. The first-order chi connectivity index (χ1) is 14.1. The Labute approximate surface area is 178 Å². The van der Waals surface area contributed by atoms with Gasteiger partial charge in [0, 0.05) is 11.3 Å². The van der Waals surface area contributed by atoms with Gasteiger partial charge in [0.15, 0.2) is 11.5 Å². The molecule has 0 radical (unpaired) electrons. The fourth-order valence-corrected chi connectivity index (χ4v) is 4.90. The van der Waals surface area contributed by atoms with Crippen LogP contribution in [0.1, 0.15) is 16.1 Å². The highest BCUT2D eigenvalue weighted by molar-refractivity contribution is 7.98. The third-order valence-corrected chi connectivity index (χ3v) is 6.55. The number of benzene rings is 2. The van der Waals surface area contributed by atoms with Crippen LogP contribution >= 0.6 is 23.1 Å². The lowest BCUT2D eigenvalue weighted by Gasteiger charge is -2.10. The molecule has 4 aromatic rings. The number of methoxy groups -OCH3 is 2. The lowest BCUT2D eigenvalue weighted by atomic mass is 10.1. The van der Waals surface area contributed by atoms with E-state index in [9.17, 15) is 0 Å². The predicted octanol–water partition coefficient (Wildman–Crippen LogP) is 5.68. The average Bonchev–Trinajstić information content (AvgIpc) is 3.14. The third-order valence-electron chi connectivity index (χ3n) is 4.55. The monoisotopic (exact) mass is 423 g/mol. The first-order valence-corrected chi connectivity index (χ1v) is 10.9. The number of thioether (sulfide) groups is 1. The van der Waals surface area contributed by atoms with E-state index in [1.165, 1.54) is 11.1 Å². The first kappa shape index (κ1) is 19.7. The standard InChI is InChI=1S/C22H21N3O2S2/c1-13-5-7-15(8-6-13)12-28-22-20-21(29-14(2)23-20)19(24-25-22)16-9-10-17(26-3)18(11-16)27-4/h5-11H,12H2,1-4H3. The van der Waals surface area contributed by atoms with Gasteiger partial charge in [0.2, 0.25) is 0 Å². The average molecular weight is 424 g/mol. The summed E-state index contributed by atoms with van der Waals surface area (Å²) in [5, 5.41) is 10.9. The summed E-state index contributed by atoms with van der Waals surface area (Å²) in [6, 6.07) is 14.3. The zero-order valence-electron chi connectivity index (χ0n) is 16.7. The fraction of sp³-hybridized carbons (Fsp3) is 0.227. The molecule has 7 heteroatoms. The molecule has 0 saturated heterocycles. The van der Waals surface area contributed by atoms with Crippen molar-refractivity contribution in [1.82, 2.24) is 15.2 Å². The maximum absolute atomic E-state index is 5.45. The second-order valence-corrected chi connectivity index (χ2v) is 8.78. The molecular formula is C22H21N3O2S2. The van der Waals surface area contributed by atoms with Crippen molar-refractivity contribution >= 4 is 33.3 Å². The highest BCUT2D eigenvalue weighted by atomic mass is 32.2. The normalized spacial score (nSPS) is 11.0. The van der Waals surface area contributed by atoms with Crippen LogP contribution in [-0.2, 0) is 5.75 Å². The molecule has 0 atom stereocenters. The van der Waals surface area contributed by atoms with Gasteiger partial charge in [-0.2, -0.15) is 0 Å². The molecule has 148 valence electrons. The van der Waals surface area contributed by atoms with E-state index in [1.807, 2.05) is 25.1 Å². The van der Waals surface area contributed by atoms with Gasteiger partial charge in [-0.15, -0.1) is 21.5 Å². The van der Waals surface area contributed by atoms with Gasteiger partial charge in [0.25, 0.3) is 0 Å². The summed E-state index contributed by atoms with van der Waals surface area (Å²) >= 11 is 3.30. The van der Waals surface area contributed by atoms with Crippen LogP contribution in [0.15, 0.2) is 47.5 Å². The molecule has 0 saturated carbocycles. The Hall–Kier alpha value is -2.64. The van der Waals surface area contributed by atoms with E-state index in [2.05, 4.69) is 41.4 Å². The van der Waals surface area contributed by atoms with Gasteiger partial charge in [-0.1, -0.05) is 41.6 Å². The number of ether oxygens (including phenoxy) is 2. The summed E-state index contributed by atoms with van der Waals surface area (Å²) in [6.45, 7) is 4.11. The first-order valence-electron chi connectivity index (χ1n) is 9.13. The minimum Gasteiger partial charge on any atom is -0.493 e. The quantitative estimate of drug-likeness (QED) is 0.372. The molecule has 0 aliphatic carbocycles. The van der Waals surface area contributed by atoms with Crippen molar-refractivity contribution in [2.45, 2.75) is 24.6 Å². The van der Waals surface area contributed by atoms with Gasteiger partial charge in [0.05, 0.1) is 23.9 Å². The molecule has 0 N–H and O–H groups in total. The Bertz CT molecular complexity index is 1160. The molecule has 0 aliphatic rings. The van der Waals surface area contributed by atoms with Crippen LogP contribution in [0.5, 0.6) is 11.5 Å². The van der Waals surface area contributed by atoms with Crippen molar-refractivity contribution in [3.05, 3.63) is 58.6 Å². The zero-order valence-corrected chi connectivity index (χ0v) is 18.4. The van der Waals surface area contributed by atoms with Gasteiger partial charge in [-0.3, -0.25) is 0 Å². The van der Waals surface area contributed by atoms with E-state index in [0.717, 1.165) is 37.3 Å². The van der Waals surface area contributed by atoms with Crippen molar-refractivity contribution in [3.63, 3.8) is 0 Å². The van der Waals surface area contributed by atoms with Crippen molar-refractivity contribution in [3.8, 4) is 22.8 Å². The number of nitrogens with zero attached hydrogens (tertiary/aromatic N) is 3. The largest absolute Gasteiger partial charge is 0.493 e. The second-order valence-electron chi connectivity index (χ2n) is 6.61.